The van der Waals surface area contributed by atoms with Crippen LogP contribution in [0.25, 0.3) is 220 Å². The van der Waals surface area contributed by atoms with E-state index in [0.29, 0.717) is 11.9 Å². The quantitative estimate of drug-likeness (QED) is 0.152. The zero-order valence-electron chi connectivity index (χ0n) is 60.5. The van der Waals surface area contributed by atoms with Gasteiger partial charge in [-0.1, -0.05) is 297 Å². The van der Waals surface area contributed by atoms with Gasteiger partial charge in [-0.25, -0.2) is 19.9 Å². The van der Waals surface area contributed by atoms with Crippen molar-refractivity contribution in [3.8, 4) is 68.0 Å². The Bertz CT molecular complexity index is 7980. The minimum absolute atomic E-state index is 0.664. The highest BCUT2D eigenvalue weighted by molar-refractivity contribution is 6.25. The summed E-state index contributed by atoms with van der Waals surface area (Å²) in [5.41, 5.74) is 21.9. The molecule has 6 heterocycles. The molecule has 0 aliphatic heterocycles. The maximum absolute atomic E-state index is 5.38. The molecule has 112 heavy (non-hydrogen) atoms. The smallest absolute Gasteiger partial charge is 0.235 e. The van der Waals surface area contributed by atoms with Crippen LogP contribution in [0.2, 0.25) is 0 Å². The van der Waals surface area contributed by atoms with Crippen molar-refractivity contribution in [2.45, 2.75) is 0 Å². The van der Waals surface area contributed by atoms with Gasteiger partial charge in [0.15, 0.2) is 0 Å². The number of hydrogen-bond acceptors (Lipinski definition) is 4. The molecule has 0 saturated carbocycles. The number of fused-ring (bicyclic) bond motifs is 22. The topological polar surface area (TPSA) is 71.3 Å². The van der Waals surface area contributed by atoms with Crippen molar-refractivity contribution in [1.29, 1.82) is 0 Å². The van der Waals surface area contributed by atoms with Crippen LogP contribution in [0.4, 0.5) is 0 Å². The van der Waals surface area contributed by atoms with E-state index in [2.05, 4.69) is 407 Å². The second-order valence-electron chi connectivity index (χ2n) is 29.2. The first-order valence-electron chi connectivity index (χ1n) is 38.2. The molecular formula is C104H64N8. The summed E-state index contributed by atoms with van der Waals surface area (Å²) in [4.78, 5) is 21.2. The third-order valence-corrected chi connectivity index (χ3v) is 23.0. The Morgan fingerprint density at radius 3 is 0.973 bits per heavy atom. The van der Waals surface area contributed by atoms with Gasteiger partial charge in [-0.2, -0.15) is 0 Å². The fourth-order valence-electron chi connectivity index (χ4n) is 17.9. The number of nitrogens with zero attached hydrogens (tertiary/aromatic N) is 8. The summed E-state index contributed by atoms with van der Waals surface area (Å²) in [6, 6.07) is 139. The van der Waals surface area contributed by atoms with Crippen molar-refractivity contribution < 1.29 is 0 Å². The summed E-state index contributed by atoms with van der Waals surface area (Å²) in [7, 11) is 0. The van der Waals surface area contributed by atoms with Crippen LogP contribution in [0.15, 0.2) is 388 Å². The molecule has 8 heteroatoms. The summed E-state index contributed by atoms with van der Waals surface area (Å²) in [6.07, 6.45) is 0. The van der Waals surface area contributed by atoms with Crippen LogP contribution in [-0.2, 0) is 0 Å². The minimum Gasteiger partial charge on any atom is -0.309 e. The molecular weight excluding hydrogens is 1360 g/mol. The Kier molecular flexibility index (Phi) is 14.2. The predicted octanol–water partition coefficient (Wildman–Crippen LogP) is 26.9. The molecule has 8 nitrogen and oxygen atoms in total. The van der Waals surface area contributed by atoms with E-state index in [-0.39, 0.29) is 0 Å². The molecule has 0 amide bonds. The molecule has 6 aromatic heterocycles. The van der Waals surface area contributed by atoms with Crippen LogP contribution in [-0.4, -0.2) is 38.2 Å². The molecule has 24 rings (SSSR count). The van der Waals surface area contributed by atoms with Crippen molar-refractivity contribution in [2.24, 2.45) is 0 Å². The normalized spacial score (nSPS) is 11.9. The van der Waals surface area contributed by atoms with E-state index < -0.39 is 0 Å². The van der Waals surface area contributed by atoms with Gasteiger partial charge in [-0.3, -0.25) is 9.13 Å². The lowest BCUT2D eigenvalue weighted by Crippen LogP contribution is -2.03. The maximum atomic E-state index is 5.38. The number of benzene rings is 18. The number of aromatic nitrogens is 8. The Hall–Kier alpha value is -15.1. The van der Waals surface area contributed by atoms with Crippen LogP contribution in [0.1, 0.15) is 0 Å². The first kappa shape index (κ1) is 63.0. The molecule has 24 aromatic rings. The first-order valence-corrected chi connectivity index (χ1v) is 38.2. The fraction of sp³-hybridized carbons (Fsp3) is 0. The SMILES string of the molecule is c1ccc(-n2c3ccc(-c4ccc(-c5nc(-n6c7ccccc7c7c8ccccc8ccc76)nc6ccccc56)cc4)cc3c3c4ccccc4ccc32)cc1.c1ccc(-n2c3ccc(-c4ccc(-c5nc(-n6c7ccccc7c7c8ccccc8ccc76)nc6ccccc56)cc4)cc3c3ccc4ccccc4c32)cc1. The zero-order chi connectivity index (χ0) is 73.5. The Morgan fingerprint density at radius 2 is 0.491 bits per heavy atom. The van der Waals surface area contributed by atoms with E-state index in [0.717, 1.165) is 88.9 Å². The standard InChI is InChI=1S/2C52H32N4/c1-2-14-38(15-3-1)55-46-29-28-37(32-43(46)50-40-17-7-5-13-35(40)26-30-47(50)55)33-22-24-36(25-23-33)51-41-18-8-10-20-44(41)53-52(54-51)56-45-21-11-9-19-42(45)49-39-16-6-4-12-34(39)27-31-48(49)56;1-2-14-38(15-3-1)55-47-30-28-37(32-44(47)41-29-26-35-13-5-7-17-40(35)51(41)55)33-22-24-36(25-23-33)50-42-18-8-10-20-45(42)53-52(54-50)56-46-21-11-9-19-43(46)49-39-16-6-4-12-34(39)27-31-48(49)56/h2*1-32H. The fourth-order valence-corrected chi connectivity index (χ4v) is 17.9. The summed E-state index contributed by atoms with van der Waals surface area (Å²) < 4.78 is 9.26. The van der Waals surface area contributed by atoms with E-state index in [9.17, 15) is 0 Å². The summed E-state index contributed by atoms with van der Waals surface area (Å²) in [5, 5.41) is 21.8. The third-order valence-electron chi connectivity index (χ3n) is 23.0. The summed E-state index contributed by atoms with van der Waals surface area (Å²) in [5.74, 6) is 1.33. The zero-order valence-corrected chi connectivity index (χ0v) is 60.5. The van der Waals surface area contributed by atoms with Gasteiger partial charge in [0.2, 0.25) is 11.9 Å². The predicted molar refractivity (Wildman–Crippen MR) is 468 cm³/mol. The second kappa shape index (κ2) is 25.3. The van der Waals surface area contributed by atoms with Crippen LogP contribution < -0.4 is 0 Å². The van der Waals surface area contributed by atoms with Gasteiger partial charge in [0.1, 0.15) is 0 Å². The van der Waals surface area contributed by atoms with Gasteiger partial charge < -0.3 is 9.13 Å². The lowest BCUT2D eigenvalue weighted by atomic mass is 9.98. The maximum Gasteiger partial charge on any atom is 0.235 e. The van der Waals surface area contributed by atoms with E-state index in [1.807, 2.05) is 0 Å². The first-order chi connectivity index (χ1) is 55.6. The van der Waals surface area contributed by atoms with Gasteiger partial charge in [0.25, 0.3) is 0 Å². The summed E-state index contributed by atoms with van der Waals surface area (Å²) >= 11 is 0. The van der Waals surface area contributed by atoms with Gasteiger partial charge in [-0.05, 0) is 151 Å². The van der Waals surface area contributed by atoms with Crippen molar-refractivity contribution in [1.82, 2.24) is 38.2 Å². The average molecular weight is 1430 g/mol. The van der Waals surface area contributed by atoms with E-state index in [1.165, 1.54) is 119 Å². The molecule has 0 aliphatic rings. The van der Waals surface area contributed by atoms with Crippen molar-refractivity contribution in [2.75, 3.05) is 0 Å². The monoisotopic (exact) mass is 1420 g/mol. The van der Waals surface area contributed by atoms with Gasteiger partial charge in [0, 0.05) is 81.8 Å². The van der Waals surface area contributed by atoms with E-state index in [1.54, 1.807) is 0 Å². The minimum atomic E-state index is 0.664. The second-order valence-corrected chi connectivity index (χ2v) is 29.2. The largest absolute Gasteiger partial charge is 0.309 e. The molecule has 0 atom stereocenters. The molecule has 520 valence electrons. The number of para-hydroxylation sites is 6. The average Bonchev–Trinajstić information content (AvgIpc) is 1.58. The van der Waals surface area contributed by atoms with Gasteiger partial charge in [0.05, 0.1) is 66.6 Å². The van der Waals surface area contributed by atoms with Crippen LogP contribution >= 0.6 is 0 Å². The molecule has 0 bridgehead atoms. The Balaban J connectivity index is 0.000000134. The lowest BCUT2D eigenvalue weighted by Gasteiger charge is -2.12. The highest BCUT2D eigenvalue weighted by Crippen LogP contribution is 2.45. The molecule has 0 unspecified atom stereocenters. The van der Waals surface area contributed by atoms with E-state index in [4.69, 9.17) is 19.9 Å². The molecule has 0 saturated heterocycles. The molecule has 0 spiro atoms. The van der Waals surface area contributed by atoms with Crippen molar-refractivity contribution >= 4 is 152 Å². The lowest BCUT2D eigenvalue weighted by molar-refractivity contribution is 1.01. The highest BCUT2D eigenvalue weighted by atomic mass is 15.2. The molecule has 0 fully saturated rings. The van der Waals surface area contributed by atoms with Gasteiger partial charge in [-0.15, -0.1) is 0 Å². The van der Waals surface area contributed by atoms with Crippen LogP contribution in [0.5, 0.6) is 0 Å². The van der Waals surface area contributed by atoms with Crippen LogP contribution in [0, 0.1) is 0 Å². The van der Waals surface area contributed by atoms with Gasteiger partial charge >= 0.3 is 0 Å². The molecule has 0 aliphatic carbocycles. The van der Waals surface area contributed by atoms with Crippen molar-refractivity contribution in [3.63, 3.8) is 0 Å². The Morgan fingerprint density at radius 1 is 0.170 bits per heavy atom. The molecule has 0 radical (unpaired) electrons. The number of hydrogen-bond donors (Lipinski definition) is 0. The Labute approximate surface area is 642 Å². The molecule has 0 N–H and O–H groups in total. The molecule has 18 aromatic carbocycles. The number of rotatable bonds is 8. The van der Waals surface area contributed by atoms with Crippen LogP contribution in [0.3, 0.4) is 0 Å². The summed E-state index contributed by atoms with van der Waals surface area (Å²) in [6.45, 7) is 0. The van der Waals surface area contributed by atoms with Crippen molar-refractivity contribution in [3.05, 3.63) is 388 Å². The third kappa shape index (κ3) is 9.88. The van der Waals surface area contributed by atoms with E-state index >= 15 is 0 Å². The highest BCUT2D eigenvalue weighted by Gasteiger charge is 2.24.